The number of nitrogen functional groups attached to an aromatic ring is 1. The number of benzene rings is 1. The van der Waals surface area contributed by atoms with Crippen LogP contribution in [-0.4, -0.2) is 4.98 Å². The number of hydrogen-bond acceptors (Lipinski definition) is 3. The standard InChI is InChI=1S/C14H14N2O/c15-13-5-2-6-14(16-13)17-12-8-7-10-3-1-4-11(10)9-12/h2,5-9H,1,3-4H2,(H2,15,16). The molecule has 1 aliphatic carbocycles. The van der Waals surface area contributed by atoms with Gasteiger partial charge in [-0.15, -0.1) is 0 Å². The summed E-state index contributed by atoms with van der Waals surface area (Å²) in [6.07, 6.45) is 3.58. The third-order valence-electron chi connectivity index (χ3n) is 3.04. The summed E-state index contributed by atoms with van der Waals surface area (Å²) >= 11 is 0. The first-order valence-electron chi connectivity index (χ1n) is 5.83. The SMILES string of the molecule is Nc1cccc(Oc2ccc3c(c2)CCC3)n1. The number of ether oxygens (including phenoxy) is 1. The summed E-state index contributed by atoms with van der Waals surface area (Å²) in [6.45, 7) is 0. The van der Waals surface area contributed by atoms with Gasteiger partial charge in [0, 0.05) is 6.07 Å². The molecule has 0 saturated carbocycles. The molecule has 0 spiro atoms. The van der Waals surface area contributed by atoms with E-state index < -0.39 is 0 Å². The molecule has 0 bridgehead atoms. The van der Waals surface area contributed by atoms with Crippen LogP contribution in [0.3, 0.4) is 0 Å². The molecule has 3 rings (SSSR count). The Morgan fingerprint density at radius 2 is 1.94 bits per heavy atom. The predicted molar refractivity (Wildman–Crippen MR) is 67.2 cm³/mol. The van der Waals surface area contributed by atoms with Gasteiger partial charge in [0.2, 0.25) is 5.88 Å². The van der Waals surface area contributed by atoms with E-state index in [0.29, 0.717) is 11.7 Å². The highest BCUT2D eigenvalue weighted by molar-refractivity contribution is 5.40. The van der Waals surface area contributed by atoms with Crippen molar-refractivity contribution in [3.05, 3.63) is 47.5 Å². The van der Waals surface area contributed by atoms with Gasteiger partial charge < -0.3 is 10.5 Å². The number of nitrogens with zero attached hydrogens (tertiary/aromatic N) is 1. The van der Waals surface area contributed by atoms with Crippen LogP contribution in [0.25, 0.3) is 0 Å². The molecule has 1 aromatic carbocycles. The Hall–Kier alpha value is -2.03. The molecular weight excluding hydrogens is 212 g/mol. The molecule has 0 unspecified atom stereocenters. The third kappa shape index (κ3) is 2.09. The smallest absolute Gasteiger partial charge is 0.221 e. The molecular formula is C14H14N2O. The van der Waals surface area contributed by atoms with Gasteiger partial charge in [0.25, 0.3) is 0 Å². The number of fused-ring (bicyclic) bond motifs is 1. The summed E-state index contributed by atoms with van der Waals surface area (Å²) < 4.78 is 5.69. The lowest BCUT2D eigenvalue weighted by molar-refractivity contribution is 0.463. The van der Waals surface area contributed by atoms with Crippen LogP contribution in [0.4, 0.5) is 5.82 Å². The van der Waals surface area contributed by atoms with E-state index in [9.17, 15) is 0 Å². The minimum atomic E-state index is 0.476. The zero-order valence-electron chi connectivity index (χ0n) is 9.52. The van der Waals surface area contributed by atoms with Gasteiger partial charge in [0.15, 0.2) is 0 Å². The minimum absolute atomic E-state index is 0.476. The number of aromatic nitrogens is 1. The fourth-order valence-corrected chi connectivity index (χ4v) is 2.22. The van der Waals surface area contributed by atoms with Crippen molar-refractivity contribution in [1.82, 2.24) is 4.98 Å². The molecule has 0 fully saturated rings. The van der Waals surface area contributed by atoms with E-state index in [0.717, 1.165) is 12.2 Å². The first-order valence-corrected chi connectivity index (χ1v) is 5.83. The van der Waals surface area contributed by atoms with Gasteiger partial charge in [-0.25, -0.2) is 0 Å². The van der Waals surface area contributed by atoms with Crippen LogP contribution in [0.1, 0.15) is 17.5 Å². The molecule has 1 heterocycles. The number of aryl methyl sites for hydroxylation is 2. The molecule has 0 aliphatic heterocycles. The van der Waals surface area contributed by atoms with Crippen molar-refractivity contribution in [3.63, 3.8) is 0 Å². The molecule has 17 heavy (non-hydrogen) atoms. The van der Waals surface area contributed by atoms with Crippen molar-refractivity contribution in [2.75, 3.05) is 5.73 Å². The summed E-state index contributed by atoms with van der Waals surface area (Å²) in [5.74, 6) is 1.86. The van der Waals surface area contributed by atoms with Crippen LogP contribution in [0.2, 0.25) is 0 Å². The highest BCUT2D eigenvalue weighted by Gasteiger charge is 2.11. The van der Waals surface area contributed by atoms with Crippen molar-refractivity contribution in [2.45, 2.75) is 19.3 Å². The second kappa shape index (κ2) is 4.09. The van der Waals surface area contributed by atoms with Crippen LogP contribution in [0, 0.1) is 0 Å². The molecule has 1 aliphatic rings. The van der Waals surface area contributed by atoms with E-state index in [4.69, 9.17) is 10.5 Å². The zero-order valence-corrected chi connectivity index (χ0v) is 9.52. The second-order valence-corrected chi connectivity index (χ2v) is 4.29. The summed E-state index contributed by atoms with van der Waals surface area (Å²) in [7, 11) is 0. The van der Waals surface area contributed by atoms with E-state index in [1.165, 1.54) is 24.0 Å². The fraction of sp³-hybridized carbons (Fsp3) is 0.214. The molecule has 2 N–H and O–H groups in total. The quantitative estimate of drug-likeness (QED) is 0.856. The molecule has 86 valence electrons. The third-order valence-corrected chi connectivity index (χ3v) is 3.04. The predicted octanol–water partition coefficient (Wildman–Crippen LogP) is 2.94. The number of anilines is 1. The Bertz CT molecular complexity index is 552. The zero-order chi connectivity index (χ0) is 11.7. The van der Waals surface area contributed by atoms with Gasteiger partial charge in [-0.2, -0.15) is 4.98 Å². The van der Waals surface area contributed by atoms with E-state index in [1.54, 1.807) is 6.07 Å². The molecule has 0 atom stereocenters. The van der Waals surface area contributed by atoms with Crippen LogP contribution >= 0.6 is 0 Å². The van der Waals surface area contributed by atoms with Crippen molar-refractivity contribution in [2.24, 2.45) is 0 Å². The second-order valence-electron chi connectivity index (χ2n) is 4.29. The summed E-state index contributed by atoms with van der Waals surface area (Å²) in [5.41, 5.74) is 8.45. The Morgan fingerprint density at radius 1 is 1.06 bits per heavy atom. The fourth-order valence-electron chi connectivity index (χ4n) is 2.22. The van der Waals surface area contributed by atoms with Crippen LogP contribution in [0.5, 0.6) is 11.6 Å². The Kier molecular flexibility index (Phi) is 2.44. The van der Waals surface area contributed by atoms with E-state index in [1.807, 2.05) is 18.2 Å². The Labute approximate surface area is 100 Å². The lowest BCUT2D eigenvalue weighted by atomic mass is 10.1. The average Bonchev–Trinajstić information content (AvgIpc) is 2.76. The van der Waals surface area contributed by atoms with E-state index in [-0.39, 0.29) is 0 Å². The molecule has 0 saturated heterocycles. The summed E-state index contributed by atoms with van der Waals surface area (Å²) in [6, 6.07) is 11.6. The first-order chi connectivity index (χ1) is 8.31. The van der Waals surface area contributed by atoms with Gasteiger partial charge in [-0.3, -0.25) is 0 Å². The molecule has 3 heteroatoms. The molecule has 0 radical (unpaired) electrons. The Morgan fingerprint density at radius 3 is 2.82 bits per heavy atom. The minimum Gasteiger partial charge on any atom is -0.439 e. The highest BCUT2D eigenvalue weighted by atomic mass is 16.5. The number of nitrogens with two attached hydrogens (primary N) is 1. The first kappa shape index (κ1) is 10.1. The Balaban J connectivity index is 1.86. The van der Waals surface area contributed by atoms with Gasteiger partial charge in [-0.1, -0.05) is 12.1 Å². The van der Waals surface area contributed by atoms with E-state index in [2.05, 4.69) is 17.1 Å². The number of pyridine rings is 1. The van der Waals surface area contributed by atoms with Crippen molar-refractivity contribution >= 4 is 5.82 Å². The number of rotatable bonds is 2. The molecule has 0 amide bonds. The average molecular weight is 226 g/mol. The molecule has 2 aromatic rings. The van der Waals surface area contributed by atoms with Crippen LogP contribution in [-0.2, 0) is 12.8 Å². The monoisotopic (exact) mass is 226 g/mol. The van der Waals surface area contributed by atoms with Crippen molar-refractivity contribution < 1.29 is 4.74 Å². The van der Waals surface area contributed by atoms with Gasteiger partial charge in [-0.05, 0) is 48.6 Å². The summed E-state index contributed by atoms with van der Waals surface area (Å²) in [4.78, 5) is 4.12. The highest BCUT2D eigenvalue weighted by Crippen LogP contribution is 2.28. The van der Waals surface area contributed by atoms with Crippen LogP contribution < -0.4 is 10.5 Å². The van der Waals surface area contributed by atoms with Gasteiger partial charge in [0.1, 0.15) is 11.6 Å². The van der Waals surface area contributed by atoms with Crippen molar-refractivity contribution in [1.29, 1.82) is 0 Å². The molecule has 1 aromatic heterocycles. The summed E-state index contributed by atoms with van der Waals surface area (Å²) in [5, 5.41) is 0. The number of hydrogen-bond donors (Lipinski definition) is 1. The maximum Gasteiger partial charge on any atom is 0.221 e. The molecule has 3 nitrogen and oxygen atoms in total. The van der Waals surface area contributed by atoms with Gasteiger partial charge in [0.05, 0.1) is 0 Å². The largest absolute Gasteiger partial charge is 0.439 e. The maximum absolute atomic E-state index is 5.69. The van der Waals surface area contributed by atoms with Crippen molar-refractivity contribution in [3.8, 4) is 11.6 Å². The lowest BCUT2D eigenvalue weighted by Gasteiger charge is -2.07. The van der Waals surface area contributed by atoms with Crippen LogP contribution in [0.15, 0.2) is 36.4 Å². The normalized spacial score (nSPS) is 13.4. The lowest BCUT2D eigenvalue weighted by Crippen LogP contribution is -1.93. The van der Waals surface area contributed by atoms with Gasteiger partial charge >= 0.3 is 0 Å². The topological polar surface area (TPSA) is 48.1 Å². The maximum atomic E-state index is 5.69. The van der Waals surface area contributed by atoms with E-state index >= 15 is 0 Å².